The van der Waals surface area contributed by atoms with Crippen LogP contribution >= 0.6 is 11.6 Å². The van der Waals surface area contributed by atoms with Crippen LogP contribution in [0.5, 0.6) is 5.75 Å². The van der Waals surface area contributed by atoms with Crippen LogP contribution in [0.1, 0.15) is 18.1 Å². The monoisotopic (exact) mass is 318 g/mol. The van der Waals surface area contributed by atoms with E-state index in [-0.39, 0.29) is 12.5 Å². The molecule has 0 saturated carbocycles. The normalized spacial score (nSPS) is 10.3. The molecule has 0 fully saturated rings. The molecular formula is C17H19ClN2O2. The van der Waals surface area contributed by atoms with Crippen LogP contribution in [0.2, 0.25) is 5.02 Å². The lowest BCUT2D eigenvalue weighted by atomic mass is 10.0. The van der Waals surface area contributed by atoms with Gasteiger partial charge in [-0.05, 0) is 60.9 Å². The smallest absolute Gasteiger partial charge is 0.262 e. The van der Waals surface area contributed by atoms with Crippen molar-refractivity contribution in [2.75, 3.05) is 17.7 Å². The molecule has 2 aromatic carbocycles. The molecule has 2 rings (SSSR count). The molecule has 116 valence electrons. The Bertz CT molecular complexity index is 669. The van der Waals surface area contributed by atoms with Crippen molar-refractivity contribution in [1.82, 2.24) is 0 Å². The lowest BCUT2D eigenvalue weighted by molar-refractivity contribution is -0.118. The molecule has 22 heavy (non-hydrogen) atoms. The Balaban J connectivity index is 2.01. The average Bonchev–Trinajstić information content (AvgIpc) is 2.49. The van der Waals surface area contributed by atoms with Gasteiger partial charge in [-0.25, -0.2) is 0 Å². The van der Waals surface area contributed by atoms with E-state index >= 15 is 0 Å². The third kappa shape index (κ3) is 4.15. The lowest BCUT2D eigenvalue weighted by Crippen LogP contribution is -2.21. The van der Waals surface area contributed by atoms with Gasteiger partial charge in [-0.2, -0.15) is 0 Å². The number of nitrogen functional groups attached to an aromatic ring is 1. The minimum absolute atomic E-state index is 0.0609. The molecule has 0 aliphatic carbocycles. The Hall–Kier alpha value is -2.20. The van der Waals surface area contributed by atoms with Gasteiger partial charge in [-0.1, -0.05) is 18.5 Å². The van der Waals surface area contributed by atoms with Gasteiger partial charge in [-0.15, -0.1) is 0 Å². The van der Waals surface area contributed by atoms with Crippen LogP contribution in [0.3, 0.4) is 0 Å². The summed E-state index contributed by atoms with van der Waals surface area (Å²) in [6, 6.07) is 10.6. The molecule has 1 amide bonds. The first-order valence-corrected chi connectivity index (χ1v) is 7.44. The summed E-state index contributed by atoms with van der Waals surface area (Å²) >= 11 is 5.80. The van der Waals surface area contributed by atoms with Crippen LogP contribution in [-0.2, 0) is 11.2 Å². The van der Waals surface area contributed by atoms with Crippen LogP contribution in [0.25, 0.3) is 0 Å². The van der Waals surface area contributed by atoms with Crippen molar-refractivity contribution in [1.29, 1.82) is 0 Å². The summed E-state index contributed by atoms with van der Waals surface area (Å²) in [5.41, 5.74) is 9.29. The van der Waals surface area contributed by atoms with E-state index in [1.807, 2.05) is 26.0 Å². The van der Waals surface area contributed by atoms with Gasteiger partial charge >= 0.3 is 0 Å². The Kier molecular flexibility index (Phi) is 5.28. The van der Waals surface area contributed by atoms with Crippen molar-refractivity contribution in [2.24, 2.45) is 0 Å². The van der Waals surface area contributed by atoms with Crippen LogP contribution in [-0.4, -0.2) is 12.5 Å². The molecular weight excluding hydrogens is 300 g/mol. The largest absolute Gasteiger partial charge is 0.484 e. The number of nitrogens with one attached hydrogen (secondary N) is 1. The Morgan fingerprint density at radius 1 is 1.27 bits per heavy atom. The molecule has 4 nitrogen and oxygen atoms in total. The number of halogens is 1. The maximum atomic E-state index is 12.1. The predicted molar refractivity (Wildman–Crippen MR) is 90.5 cm³/mol. The number of carbonyl (C=O) groups is 1. The first-order chi connectivity index (χ1) is 10.5. The average molecular weight is 319 g/mol. The predicted octanol–water partition coefficient (Wildman–Crippen LogP) is 3.81. The van der Waals surface area contributed by atoms with E-state index in [4.69, 9.17) is 22.1 Å². The summed E-state index contributed by atoms with van der Waals surface area (Å²) < 4.78 is 5.44. The van der Waals surface area contributed by atoms with Crippen LogP contribution in [0, 0.1) is 6.92 Å². The Morgan fingerprint density at radius 2 is 1.95 bits per heavy atom. The van der Waals surface area contributed by atoms with Crippen molar-refractivity contribution in [3.8, 4) is 5.75 Å². The summed E-state index contributed by atoms with van der Waals surface area (Å²) in [5.74, 6) is 0.391. The topological polar surface area (TPSA) is 64.3 Å². The van der Waals surface area contributed by atoms with E-state index in [1.165, 1.54) is 0 Å². The van der Waals surface area contributed by atoms with Crippen molar-refractivity contribution < 1.29 is 9.53 Å². The van der Waals surface area contributed by atoms with Crippen molar-refractivity contribution in [2.45, 2.75) is 20.3 Å². The van der Waals surface area contributed by atoms with E-state index < -0.39 is 0 Å². The molecule has 3 N–H and O–H groups in total. The first kappa shape index (κ1) is 16.2. The fourth-order valence-corrected chi connectivity index (χ4v) is 2.33. The number of rotatable bonds is 5. The molecule has 0 unspecified atom stereocenters. The molecule has 0 saturated heterocycles. The maximum Gasteiger partial charge on any atom is 0.262 e. The second-order valence-electron chi connectivity index (χ2n) is 5.02. The van der Waals surface area contributed by atoms with Gasteiger partial charge < -0.3 is 15.8 Å². The van der Waals surface area contributed by atoms with Gasteiger partial charge in [0.1, 0.15) is 5.75 Å². The van der Waals surface area contributed by atoms with Gasteiger partial charge in [-0.3, -0.25) is 4.79 Å². The molecule has 0 bridgehead atoms. The summed E-state index contributed by atoms with van der Waals surface area (Å²) in [6.45, 7) is 3.88. The van der Waals surface area contributed by atoms with Gasteiger partial charge in [0.05, 0.1) is 0 Å². The fraction of sp³-hybridized carbons (Fsp3) is 0.235. The van der Waals surface area contributed by atoms with E-state index in [0.29, 0.717) is 16.5 Å². The summed E-state index contributed by atoms with van der Waals surface area (Å²) in [4.78, 5) is 12.1. The third-order valence-electron chi connectivity index (χ3n) is 3.27. The molecule has 2 aromatic rings. The second-order valence-corrected chi connectivity index (χ2v) is 5.45. The van der Waals surface area contributed by atoms with Crippen LogP contribution in [0.4, 0.5) is 11.4 Å². The number of amides is 1. The van der Waals surface area contributed by atoms with Crippen molar-refractivity contribution >= 4 is 28.9 Å². The van der Waals surface area contributed by atoms with Crippen LogP contribution < -0.4 is 15.8 Å². The number of hydrogen-bond acceptors (Lipinski definition) is 3. The number of benzene rings is 2. The summed E-state index contributed by atoms with van der Waals surface area (Å²) in [7, 11) is 0. The number of carbonyl (C=O) groups excluding carboxylic acids is 1. The van der Waals surface area contributed by atoms with Crippen molar-refractivity contribution in [3.05, 3.63) is 52.5 Å². The molecule has 0 spiro atoms. The molecule has 0 aliphatic rings. The molecule has 0 radical (unpaired) electrons. The minimum Gasteiger partial charge on any atom is -0.484 e. The number of nitrogens with two attached hydrogens (primary N) is 1. The van der Waals surface area contributed by atoms with E-state index in [9.17, 15) is 4.79 Å². The standard InChI is InChI=1S/C17H19ClN2O2/c1-3-12-9-14(19)8-11(2)17(12)20-16(21)10-22-15-6-4-13(18)5-7-15/h4-9H,3,10,19H2,1-2H3,(H,20,21). The minimum atomic E-state index is -0.211. The highest BCUT2D eigenvalue weighted by Gasteiger charge is 2.10. The molecule has 0 heterocycles. The summed E-state index contributed by atoms with van der Waals surface area (Å²) in [5, 5.41) is 3.52. The highest BCUT2D eigenvalue weighted by molar-refractivity contribution is 6.30. The molecule has 0 atom stereocenters. The number of ether oxygens (including phenoxy) is 1. The zero-order valence-electron chi connectivity index (χ0n) is 12.7. The SMILES string of the molecule is CCc1cc(N)cc(C)c1NC(=O)COc1ccc(Cl)cc1. The third-order valence-corrected chi connectivity index (χ3v) is 3.52. The zero-order valence-corrected chi connectivity index (χ0v) is 13.4. The maximum absolute atomic E-state index is 12.1. The summed E-state index contributed by atoms with van der Waals surface area (Å²) in [6.07, 6.45) is 0.791. The Morgan fingerprint density at radius 3 is 2.59 bits per heavy atom. The number of hydrogen-bond donors (Lipinski definition) is 2. The first-order valence-electron chi connectivity index (χ1n) is 7.06. The van der Waals surface area contributed by atoms with Gasteiger partial charge in [0, 0.05) is 16.4 Å². The van der Waals surface area contributed by atoms with Gasteiger partial charge in [0.15, 0.2) is 6.61 Å². The van der Waals surface area contributed by atoms with E-state index in [0.717, 1.165) is 23.2 Å². The quantitative estimate of drug-likeness (QED) is 0.824. The highest BCUT2D eigenvalue weighted by Crippen LogP contribution is 2.24. The number of aryl methyl sites for hydroxylation is 2. The second kappa shape index (κ2) is 7.18. The fourth-order valence-electron chi connectivity index (χ4n) is 2.20. The van der Waals surface area contributed by atoms with Crippen molar-refractivity contribution in [3.63, 3.8) is 0 Å². The van der Waals surface area contributed by atoms with E-state index in [2.05, 4.69) is 5.32 Å². The van der Waals surface area contributed by atoms with Crippen LogP contribution in [0.15, 0.2) is 36.4 Å². The molecule has 0 aliphatic heterocycles. The van der Waals surface area contributed by atoms with Gasteiger partial charge in [0.25, 0.3) is 5.91 Å². The number of anilines is 2. The lowest BCUT2D eigenvalue weighted by Gasteiger charge is -2.14. The Labute approximate surface area is 135 Å². The van der Waals surface area contributed by atoms with E-state index in [1.54, 1.807) is 24.3 Å². The van der Waals surface area contributed by atoms with Gasteiger partial charge in [0.2, 0.25) is 0 Å². The molecule has 5 heteroatoms. The zero-order chi connectivity index (χ0) is 16.1. The molecule has 0 aromatic heterocycles. The highest BCUT2D eigenvalue weighted by atomic mass is 35.5.